The second kappa shape index (κ2) is 7.18. The molecule has 0 aromatic heterocycles. The summed E-state index contributed by atoms with van der Waals surface area (Å²) >= 11 is 0. The molecule has 1 N–H and O–H groups in total. The highest BCUT2D eigenvalue weighted by Gasteiger charge is 2.35. The van der Waals surface area contributed by atoms with Gasteiger partial charge < -0.3 is 19.7 Å². The van der Waals surface area contributed by atoms with E-state index in [1.54, 1.807) is 0 Å². The lowest BCUT2D eigenvalue weighted by atomic mass is 9.95. The van der Waals surface area contributed by atoms with Crippen molar-refractivity contribution in [3.05, 3.63) is 0 Å². The molecular weight excluding hydrogens is 280 g/mol. The first-order chi connectivity index (χ1) is 10.3. The highest BCUT2D eigenvalue weighted by Crippen LogP contribution is 2.23. The Morgan fingerprint density at radius 3 is 2.64 bits per heavy atom. The summed E-state index contributed by atoms with van der Waals surface area (Å²) in [5, 5.41) is 3.76. The number of nitrogens with zero attached hydrogens (tertiary/aromatic N) is 1. The topological polar surface area (TPSA) is 50.8 Å². The summed E-state index contributed by atoms with van der Waals surface area (Å²) in [6.07, 6.45) is 4.39. The van der Waals surface area contributed by atoms with Crippen molar-refractivity contribution < 1.29 is 14.3 Å². The zero-order valence-corrected chi connectivity index (χ0v) is 14.7. The number of hydrogen-bond donors (Lipinski definition) is 1. The van der Waals surface area contributed by atoms with Gasteiger partial charge in [0.1, 0.15) is 5.60 Å². The number of rotatable bonds is 2. The molecule has 1 amide bonds. The van der Waals surface area contributed by atoms with E-state index in [4.69, 9.17) is 9.47 Å². The van der Waals surface area contributed by atoms with Crippen LogP contribution in [0.25, 0.3) is 0 Å². The molecule has 0 aliphatic carbocycles. The van der Waals surface area contributed by atoms with E-state index in [9.17, 15) is 4.79 Å². The van der Waals surface area contributed by atoms with Gasteiger partial charge in [-0.05, 0) is 60.3 Å². The minimum atomic E-state index is -0.437. The average Bonchev–Trinajstić information content (AvgIpc) is 2.39. The molecule has 22 heavy (non-hydrogen) atoms. The maximum Gasteiger partial charge on any atom is 0.410 e. The second-order valence-electron chi connectivity index (χ2n) is 7.73. The number of carbonyl (C=O) groups excluding carboxylic acids is 1. The molecule has 5 nitrogen and oxygen atoms in total. The van der Waals surface area contributed by atoms with E-state index in [-0.39, 0.29) is 12.1 Å². The molecule has 0 aromatic rings. The van der Waals surface area contributed by atoms with E-state index in [2.05, 4.69) is 19.2 Å². The van der Waals surface area contributed by atoms with Gasteiger partial charge >= 0.3 is 6.09 Å². The Balaban J connectivity index is 1.91. The Labute approximate surface area is 134 Å². The molecule has 2 heterocycles. The molecule has 0 radical (unpaired) electrons. The molecule has 0 bridgehead atoms. The molecule has 2 saturated heterocycles. The van der Waals surface area contributed by atoms with Crippen LogP contribution in [0.5, 0.6) is 0 Å². The van der Waals surface area contributed by atoms with E-state index in [0.29, 0.717) is 18.2 Å². The zero-order valence-electron chi connectivity index (χ0n) is 14.7. The molecule has 0 aromatic carbocycles. The molecule has 5 heteroatoms. The van der Waals surface area contributed by atoms with Gasteiger partial charge in [-0.3, -0.25) is 0 Å². The Morgan fingerprint density at radius 2 is 2.00 bits per heavy atom. The fourth-order valence-electron chi connectivity index (χ4n) is 3.40. The lowest BCUT2D eigenvalue weighted by Gasteiger charge is -2.42. The first-order valence-corrected chi connectivity index (χ1v) is 8.63. The van der Waals surface area contributed by atoms with Crippen molar-refractivity contribution in [3.63, 3.8) is 0 Å². The Hall–Kier alpha value is -0.810. The Kier molecular flexibility index (Phi) is 5.72. The predicted octanol–water partition coefficient (Wildman–Crippen LogP) is 2.93. The molecule has 0 saturated carbocycles. The molecule has 2 aliphatic rings. The van der Waals surface area contributed by atoms with Gasteiger partial charge in [-0.1, -0.05) is 0 Å². The van der Waals surface area contributed by atoms with E-state index >= 15 is 0 Å². The second-order valence-corrected chi connectivity index (χ2v) is 7.73. The first-order valence-electron chi connectivity index (χ1n) is 8.63. The van der Waals surface area contributed by atoms with Gasteiger partial charge in [-0.2, -0.15) is 0 Å². The maximum atomic E-state index is 12.4. The summed E-state index contributed by atoms with van der Waals surface area (Å²) in [5.74, 6) is 0. The number of carbonyl (C=O) groups is 1. The minimum Gasteiger partial charge on any atom is -0.444 e. The fourth-order valence-corrected chi connectivity index (χ4v) is 3.40. The summed E-state index contributed by atoms with van der Waals surface area (Å²) in [6, 6.07) is 1.01. The van der Waals surface area contributed by atoms with Crippen LogP contribution in [0.3, 0.4) is 0 Å². The normalized spacial score (nSPS) is 33.6. The van der Waals surface area contributed by atoms with Crippen LogP contribution in [0.2, 0.25) is 0 Å². The van der Waals surface area contributed by atoms with Crippen molar-refractivity contribution in [2.24, 2.45) is 0 Å². The standard InChI is InChI=1S/C17H32N2O3/c1-12-11-14(8-10-21-12)18-15-7-6-9-19(13(15)2)16(20)22-17(3,4)5/h12-15,18H,6-11H2,1-5H3. The van der Waals surface area contributed by atoms with E-state index in [0.717, 1.165) is 38.8 Å². The van der Waals surface area contributed by atoms with Crippen LogP contribution in [-0.2, 0) is 9.47 Å². The lowest BCUT2D eigenvalue weighted by Crippen LogP contribution is -2.58. The number of amides is 1. The number of ether oxygens (including phenoxy) is 2. The van der Waals surface area contributed by atoms with Gasteiger partial charge in [-0.25, -0.2) is 4.79 Å². The monoisotopic (exact) mass is 312 g/mol. The number of hydrogen-bond acceptors (Lipinski definition) is 4. The van der Waals surface area contributed by atoms with E-state index in [1.165, 1.54) is 0 Å². The van der Waals surface area contributed by atoms with Crippen LogP contribution in [0.4, 0.5) is 4.79 Å². The van der Waals surface area contributed by atoms with Crippen molar-refractivity contribution in [1.29, 1.82) is 0 Å². The van der Waals surface area contributed by atoms with Crippen LogP contribution in [0, 0.1) is 0 Å². The average molecular weight is 312 g/mol. The summed E-state index contributed by atoms with van der Waals surface area (Å²) in [5.41, 5.74) is -0.437. The number of piperidine rings is 1. The molecule has 2 fully saturated rings. The van der Waals surface area contributed by atoms with Gasteiger partial charge in [-0.15, -0.1) is 0 Å². The van der Waals surface area contributed by atoms with Crippen molar-refractivity contribution in [3.8, 4) is 0 Å². The van der Waals surface area contributed by atoms with Crippen molar-refractivity contribution in [2.45, 2.75) is 90.1 Å². The van der Waals surface area contributed by atoms with Gasteiger partial charge in [0.05, 0.1) is 6.10 Å². The highest BCUT2D eigenvalue weighted by molar-refractivity contribution is 5.68. The highest BCUT2D eigenvalue weighted by atomic mass is 16.6. The maximum absolute atomic E-state index is 12.4. The van der Waals surface area contributed by atoms with E-state index in [1.807, 2.05) is 25.7 Å². The van der Waals surface area contributed by atoms with Crippen molar-refractivity contribution in [1.82, 2.24) is 10.2 Å². The Bertz CT molecular complexity index is 381. The van der Waals surface area contributed by atoms with Crippen LogP contribution < -0.4 is 5.32 Å². The molecule has 4 atom stereocenters. The summed E-state index contributed by atoms with van der Waals surface area (Å²) < 4.78 is 11.2. The predicted molar refractivity (Wildman–Crippen MR) is 87.0 cm³/mol. The van der Waals surface area contributed by atoms with Crippen LogP contribution in [0.1, 0.15) is 60.3 Å². The third-order valence-electron chi connectivity index (χ3n) is 4.55. The fraction of sp³-hybridized carbons (Fsp3) is 0.941. The summed E-state index contributed by atoms with van der Waals surface area (Å²) in [6.45, 7) is 11.6. The molecule has 2 rings (SSSR count). The van der Waals surface area contributed by atoms with E-state index < -0.39 is 5.60 Å². The largest absolute Gasteiger partial charge is 0.444 e. The van der Waals surface area contributed by atoms with Gasteiger partial charge in [0.25, 0.3) is 0 Å². The zero-order chi connectivity index (χ0) is 16.3. The smallest absolute Gasteiger partial charge is 0.410 e. The molecule has 4 unspecified atom stereocenters. The number of likely N-dealkylation sites (tertiary alicyclic amines) is 1. The summed E-state index contributed by atoms with van der Waals surface area (Å²) in [7, 11) is 0. The third kappa shape index (κ3) is 4.85. The van der Waals surface area contributed by atoms with Crippen LogP contribution in [0.15, 0.2) is 0 Å². The minimum absolute atomic E-state index is 0.168. The SMILES string of the molecule is CC1CC(NC2CCCN(C(=O)OC(C)(C)C)C2C)CCO1. The third-order valence-corrected chi connectivity index (χ3v) is 4.55. The number of nitrogens with one attached hydrogen (secondary N) is 1. The molecule has 128 valence electrons. The Morgan fingerprint density at radius 1 is 1.27 bits per heavy atom. The first kappa shape index (κ1) is 17.5. The quantitative estimate of drug-likeness (QED) is 0.852. The van der Waals surface area contributed by atoms with Crippen molar-refractivity contribution >= 4 is 6.09 Å². The van der Waals surface area contributed by atoms with Crippen molar-refractivity contribution in [2.75, 3.05) is 13.2 Å². The van der Waals surface area contributed by atoms with Gasteiger partial charge in [0, 0.05) is 31.3 Å². The van der Waals surface area contributed by atoms with Gasteiger partial charge in [0.2, 0.25) is 0 Å². The summed E-state index contributed by atoms with van der Waals surface area (Å²) in [4.78, 5) is 14.3. The van der Waals surface area contributed by atoms with Crippen LogP contribution >= 0.6 is 0 Å². The van der Waals surface area contributed by atoms with Gasteiger partial charge in [0.15, 0.2) is 0 Å². The molecule has 0 spiro atoms. The lowest BCUT2D eigenvalue weighted by molar-refractivity contribution is -0.00501. The molecular formula is C17H32N2O3. The molecule has 2 aliphatic heterocycles. The van der Waals surface area contributed by atoms with Crippen LogP contribution in [-0.4, -0.2) is 54.0 Å².